The number of alkyl halides is 1. The Hall–Kier alpha value is -0.490. The van der Waals surface area contributed by atoms with Crippen molar-refractivity contribution in [2.75, 3.05) is 0 Å². The highest BCUT2D eigenvalue weighted by Gasteiger charge is 1.96. The van der Waals surface area contributed by atoms with Crippen molar-refractivity contribution in [3.63, 3.8) is 0 Å². The smallest absolute Gasteiger partial charge is 0.0311 e. The van der Waals surface area contributed by atoms with Gasteiger partial charge in [0.2, 0.25) is 0 Å². The van der Waals surface area contributed by atoms with Gasteiger partial charge in [-0.1, -0.05) is 30.3 Å². The van der Waals surface area contributed by atoms with Gasteiger partial charge in [-0.3, -0.25) is 0 Å². The van der Waals surface area contributed by atoms with Crippen LogP contribution in [0.5, 0.6) is 0 Å². The minimum Gasteiger partial charge on any atom is -0.123 e. The molecular formula is C10H13Cl. The third-order valence-electron chi connectivity index (χ3n) is 1.67. The second-order valence-corrected chi connectivity index (χ2v) is 3.55. The minimum absolute atomic E-state index is 0.287. The van der Waals surface area contributed by atoms with Crippen molar-refractivity contribution in [3.8, 4) is 0 Å². The maximum atomic E-state index is 5.83. The summed E-state index contributed by atoms with van der Waals surface area (Å²) < 4.78 is 0. The van der Waals surface area contributed by atoms with Crippen molar-refractivity contribution in [1.29, 1.82) is 0 Å². The quantitative estimate of drug-likeness (QED) is 0.608. The first kappa shape index (κ1) is 8.61. The lowest BCUT2D eigenvalue weighted by Crippen LogP contribution is -1.93. The first-order valence-electron chi connectivity index (χ1n) is 3.97. The van der Waals surface area contributed by atoms with E-state index in [1.54, 1.807) is 0 Å². The number of rotatable bonds is 3. The molecule has 0 aliphatic rings. The third kappa shape index (κ3) is 3.43. The molecular weight excluding hydrogens is 156 g/mol. The highest BCUT2D eigenvalue weighted by Crippen LogP contribution is 2.07. The molecule has 1 rings (SSSR count). The van der Waals surface area contributed by atoms with Crippen molar-refractivity contribution < 1.29 is 0 Å². The summed E-state index contributed by atoms with van der Waals surface area (Å²) in [5.74, 6) is 0. The molecule has 0 aromatic heterocycles. The molecule has 0 heterocycles. The molecule has 60 valence electrons. The van der Waals surface area contributed by atoms with Crippen molar-refractivity contribution >= 4 is 11.6 Å². The number of hydrogen-bond donors (Lipinski definition) is 0. The van der Waals surface area contributed by atoms with Crippen molar-refractivity contribution in [1.82, 2.24) is 0 Å². The van der Waals surface area contributed by atoms with E-state index in [0.717, 1.165) is 12.8 Å². The van der Waals surface area contributed by atoms with Gasteiger partial charge in [-0.15, -0.1) is 11.6 Å². The van der Waals surface area contributed by atoms with E-state index < -0.39 is 0 Å². The Balaban J connectivity index is 2.39. The second-order valence-electron chi connectivity index (χ2n) is 2.81. The zero-order chi connectivity index (χ0) is 8.10. The Labute approximate surface area is 73.2 Å². The fourth-order valence-electron chi connectivity index (χ4n) is 1.01. The summed E-state index contributed by atoms with van der Waals surface area (Å²) in [6.07, 6.45) is 2.15. The second kappa shape index (κ2) is 4.40. The number of aryl methyl sites for hydroxylation is 1. The summed E-state index contributed by atoms with van der Waals surface area (Å²) in [4.78, 5) is 0. The fourth-order valence-corrected chi connectivity index (χ4v) is 1.12. The molecule has 0 amide bonds. The Morgan fingerprint density at radius 2 is 1.91 bits per heavy atom. The predicted molar refractivity (Wildman–Crippen MR) is 50.1 cm³/mol. The van der Waals surface area contributed by atoms with Crippen LogP contribution in [0.1, 0.15) is 18.9 Å². The molecule has 0 radical (unpaired) electrons. The molecule has 0 N–H and O–H groups in total. The van der Waals surface area contributed by atoms with E-state index >= 15 is 0 Å². The van der Waals surface area contributed by atoms with E-state index in [2.05, 4.69) is 24.3 Å². The monoisotopic (exact) mass is 168 g/mol. The average Bonchev–Trinajstić information content (AvgIpc) is 2.03. The van der Waals surface area contributed by atoms with Crippen molar-refractivity contribution in [2.24, 2.45) is 0 Å². The van der Waals surface area contributed by atoms with E-state index in [1.165, 1.54) is 5.56 Å². The van der Waals surface area contributed by atoms with Gasteiger partial charge < -0.3 is 0 Å². The van der Waals surface area contributed by atoms with Gasteiger partial charge in [0.05, 0.1) is 0 Å². The van der Waals surface area contributed by atoms with Crippen LogP contribution in [0.4, 0.5) is 0 Å². The van der Waals surface area contributed by atoms with E-state index in [4.69, 9.17) is 11.6 Å². The molecule has 0 bridgehead atoms. The van der Waals surface area contributed by atoms with Crippen LogP contribution < -0.4 is 0 Å². The SMILES string of the molecule is C[C@H](Cl)CCc1ccccc1. The van der Waals surface area contributed by atoms with Gasteiger partial charge in [0.15, 0.2) is 0 Å². The van der Waals surface area contributed by atoms with Gasteiger partial charge in [-0.2, -0.15) is 0 Å². The normalized spacial score (nSPS) is 12.9. The van der Waals surface area contributed by atoms with Crippen LogP contribution in [0.25, 0.3) is 0 Å². The number of hydrogen-bond acceptors (Lipinski definition) is 0. The highest BCUT2D eigenvalue weighted by atomic mass is 35.5. The van der Waals surface area contributed by atoms with Gasteiger partial charge in [-0.25, -0.2) is 0 Å². The molecule has 0 spiro atoms. The molecule has 11 heavy (non-hydrogen) atoms. The first-order chi connectivity index (χ1) is 5.29. The van der Waals surface area contributed by atoms with E-state index in [9.17, 15) is 0 Å². The molecule has 0 nitrogen and oxygen atoms in total. The summed E-state index contributed by atoms with van der Waals surface area (Å²) in [6, 6.07) is 10.4. The number of halogens is 1. The van der Waals surface area contributed by atoms with Crippen LogP contribution in [0.3, 0.4) is 0 Å². The Morgan fingerprint density at radius 1 is 1.27 bits per heavy atom. The summed E-state index contributed by atoms with van der Waals surface area (Å²) in [5, 5.41) is 0.287. The maximum Gasteiger partial charge on any atom is 0.0311 e. The van der Waals surface area contributed by atoms with Gasteiger partial charge in [0.25, 0.3) is 0 Å². The van der Waals surface area contributed by atoms with Crippen LogP contribution in [0, 0.1) is 0 Å². The topological polar surface area (TPSA) is 0 Å². The zero-order valence-corrected chi connectivity index (χ0v) is 7.51. The van der Waals surface area contributed by atoms with Crippen molar-refractivity contribution in [3.05, 3.63) is 35.9 Å². The summed E-state index contributed by atoms with van der Waals surface area (Å²) in [5.41, 5.74) is 1.38. The molecule has 0 saturated carbocycles. The van der Waals surface area contributed by atoms with Crippen LogP contribution in [-0.4, -0.2) is 5.38 Å². The van der Waals surface area contributed by atoms with Crippen molar-refractivity contribution in [2.45, 2.75) is 25.1 Å². The summed E-state index contributed by atoms with van der Waals surface area (Å²) in [6.45, 7) is 2.03. The molecule has 1 heteroatoms. The van der Waals surface area contributed by atoms with Gasteiger partial charge in [-0.05, 0) is 25.3 Å². The van der Waals surface area contributed by atoms with Gasteiger partial charge in [0, 0.05) is 5.38 Å². The standard InChI is InChI=1S/C10H13Cl/c1-9(11)7-8-10-5-3-2-4-6-10/h2-6,9H,7-8H2,1H3/t9-/m0/s1. The molecule has 0 saturated heterocycles. The fraction of sp³-hybridized carbons (Fsp3) is 0.400. The lowest BCUT2D eigenvalue weighted by atomic mass is 10.1. The largest absolute Gasteiger partial charge is 0.123 e. The molecule has 1 atom stereocenters. The van der Waals surface area contributed by atoms with E-state index in [-0.39, 0.29) is 5.38 Å². The van der Waals surface area contributed by atoms with E-state index in [0.29, 0.717) is 0 Å². The third-order valence-corrected chi connectivity index (χ3v) is 1.89. The molecule has 0 aliphatic carbocycles. The average molecular weight is 169 g/mol. The van der Waals surface area contributed by atoms with Gasteiger partial charge >= 0.3 is 0 Å². The maximum absolute atomic E-state index is 5.83. The summed E-state index contributed by atoms with van der Waals surface area (Å²) in [7, 11) is 0. The minimum atomic E-state index is 0.287. The number of benzene rings is 1. The first-order valence-corrected chi connectivity index (χ1v) is 4.40. The lowest BCUT2D eigenvalue weighted by Gasteiger charge is -2.01. The highest BCUT2D eigenvalue weighted by molar-refractivity contribution is 6.20. The van der Waals surface area contributed by atoms with Gasteiger partial charge in [0.1, 0.15) is 0 Å². The van der Waals surface area contributed by atoms with Crippen LogP contribution in [-0.2, 0) is 6.42 Å². The van der Waals surface area contributed by atoms with Crippen LogP contribution >= 0.6 is 11.6 Å². The molecule has 1 aromatic carbocycles. The van der Waals surface area contributed by atoms with Crippen LogP contribution in [0.2, 0.25) is 0 Å². The molecule has 0 fully saturated rings. The predicted octanol–water partition coefficient (Wildman–Crippen LogP) is 3.25. The Kier molecular flexibility index (Phi) is 3.44. The molecule has 1 aromatic rings. The van der Waals surface area contributed by atoms with E-state index in [1.807, 2.05) is 13.0 Å². The Bertz CT molecular complexity index is 191. The zero-order valence-electron chi connectivity index (χ0n) is 6.76. The summed E-state index contributed by atoms with van der Waals surface area (Å²) >= 11 is 5.83. The lowest BCUT2D eigenvalue weighted by molar-refractivity contribution is 0.803. The Morgan fingerprint density at radius 3 is 2.45 bits per heavy atom. The van der Waals surface area contributed by atoms with Crippen LogP contribution in [0.15, 0.2) is 30.3 Å². The molecule has 0 aliphatic heterocycles. The molecule has 0 unspecified atom stereocenters.